The first-order chi connectivity index (χ1) is 10.1. The third-order valence-corrected chi connectivity index (χ3v) is 4.14. The largest absolute Gasteiger partial charge is 0.357 e. The highest BCUT2D eigenvalue weighted by molar-refractivity contribution is 5.51. The molecule has 0 aliphatic carbocycles. The van der Waals surface area contributed by atoms with E-state index < -0.39 is 0 Å². The van der Waals surface area contributed by atoms with E-state index in [-0.39, 0.29) is 0 Å². The van der Waals surface area contributed by atoms with Gasteiger partial charge in [0.1, 0.15) is 5.82 Å². The third-order valence-electron chi connectivity index (χ3n) is 4.14. The average Bonchev–Trinajstić information content (AvgIpc) is 2.47. The van der Waals surface area contributed by atoms with E-state index >= 15 is 0 Å². The standard InChI is InChI=1S/C17H32N4/c1-6-20(7-2)10-9-11-21(8-3)17-16(13-18)14(4)12-15(5)19-17/h12H,6-11,13,18H2,1-5H3. The van der Waals surface area contributed by atoms with Crippen LogP contribution in [0.2, 0.25) is 0 Å². The molecular formula is C17H32N4. The van der Waals surface area contributed by atoms with Gasteiger partial charge in [-0.2, -0.15) is 0 Å². The second-order valence-electron chi connectivity index (χ2n) is 5.55. The molecule has 0 aliphatic heterocycles. The Bertz CT molecular complexity index is 427. The first kappa shape index (κ1) is 17.9. The molecule has 120 valence electrons. The fraction of sp³-hybridized carbons (Fsp3) is 0.706. The number of anilines is 1. The number of aromatic nitrogens is 1. The first-order valence-electron chi connectivity index (χ1n) is 8.21. The number of nitrogens with two attached hydrogens (primary N) is 1. The van der Waals surface area contributed by atoms with Crippen LogP contribution >= 0.6 is 0 Å². The number of nitrogens with zero attached hydrogens (tertiary/aromatic N) is 3. The first-order valence-corrected chi connectivity index (χ1v) is 8.21. The van der Waals surface area contributed by atoms with E-state index in [1.54, 1.807) is 0 Å². The van der Waals surface area contributed by atoms with Gasteiger partial charge in [-0.05, 0) is 58.5 Å². The van der Waals surface area contributed by atoms with E-state index in [1.807, 2.05) is 0 Å². The Hall–Kier alpha value is -1.13. The Morgan fingerprint density at radius 1 is 1.05 bits per heavy atom. The van der Waals surface area contributed by atoms with Gasteiger partial charge >= 0.3 is 0 Å². The molecule has 1 heterocycles. The highest BCUT2D eigenvalue weighted by Crippen LogP contribution is 2.22. The summed E-state index contributed by atoms with van der Waals surface area (Å²) in [6.45, 7) is 16.8. The van der Waals surface area contributed by atoms with Crippen molar-refractivity contribution in [3.63, 3.8) is 0 Å². The Labute approximate surface area is 130 Å². The normalized spacial score (nSPS) is 11.2. The Balaban J connectivity index is 2.80. The third kappa shape index (κ3) is 4.97. The molecule has 0 fully saturated rings. The maximum atomic E-state index is 5.94. The maximum absolute atomic E-state index is 5.94. The minimum Gasteiger partial charge on any atom is -0.357 e. The van der Waals surface area contributed by atoms with Gasteiger partial charge in [0.05, 0.1) is 0 Å². The number of hydrogen-bond donors (Lipinski definition) is 1. The summed E-state index contributed by atoms with van der Waals surface area (Å²) in [6, 6.07) is 2.12. The van der Waals surface area contributed by atoms with E-state index in [0.717, 1.165) is 50.7 Å². The number of pyridine rings is 1. The molecular weight excluding hydrogens is 260 g/mol. The van der Waals surface area contributed by atoms with E-state index in [1.165, 1.54) is 11.1 Å². The van der Waals surface area contributed by atoms with Crippen LogP contribution in [0.25, 0.3) is 0 Å². The highest BCUT2D eigenvalue weighted by Gasteiger charge is 2.13. The number of rotatable bonds is 9. The molecule has 0 aromatic carbocycles. The zero-order valence-electron chi connectivity index (χ0n) is 14.4. The SMILES string of the molecule is CCN(CC)CCCN(CC)c1nc(C)cc(C)c1CN. The second kappa shape index (κ2) is 9.00. The van der Waals surface area contributed by atoms with E-state index in [4.69, 9.17) is 10.7 Å². The monoisotopic (exact) mass is 292 g/mol. The van der Waals surface area contributed by atoms with Crippen LogP contribution in [0.3, 0.4) is 0 Å². The smallest absolute Gasteiger partial charge is 0.133 e. The van der Waals surface area contributed by atoms with Crippen LogP contribution in [0.1, 0.15) is 44.0 Å². The van der Waals surface area contributed by atoms with Gasteiger partial charge < -0.3 is 15.5 Å². The topological polar surface area (TPSA) is 45.4 Å². The molecule has 0 spiro atoms. The van der Waals surface area contributed by atoms with Crippen molar-refractivity contribution in [2.45, 2.75) is 47.6 Å². The molecule has 0 unspecified atom stereocenters. The molecule has 0 aliphatic rings. The summed E-state index contributed by atoms with van der Waals surface area (Å²) in [5.41, 5.74) is 9.45. The maximum Gasteiger partial charge on any atom is 0.133 e. The lowest BCUT2D eigenvalue weighted by molar-refractivity contribution is 0.300. The minimum atomic E-state index is 0.557. The molecule has 0 bridgehead atoms. The lowest BCUT2D eigenvalue weighted by Gasteiger charge is -2.27. The van der Waals surface area contributed by atoms with Crippen LogP contribution in [0.4, 0.5) is 5.82 Å². The molecule has 1 aromatic heterocycles. The van der Waals surface area contributed by atoms with Crippen molar-refractivity contribution in [3.8, 4) is 0 Å². The highest BCUT2D eigenvalue weighted by atomic mass is 15.2. The predicted molar refractivity (Wildman–Crippen MR) is 91.9 cm³/mol. The summed E-state index contributed by atoms with van der Waals surface area (Å²) in [6.07, 6.45) is 1.16. The van der Waals surface area contributed by atoms with E-state index in [2.05, 4.69) is 50.5 Å². The summed E-state index contributed by atoms with van der Waals surface area (Å²) in [5.74, 6) is 1.08. The fourth-order valence-corrected chi connectivity index (χ4v) is 2.80. The predicted octanol–water partition coefficient (Wildman–Crippen LogP) is 2.72. The van der Waals surface area contributed by atoms with Crippen LogP contribution in [0, 0.1) is 13.8 Å². The molecule has 0 atom stereocenters. The minimum absolute atomic E-state index is 0.557. The average molecular weight is 292 g/mol. The van der Waals surface area contributed by atoms with Gasteiger partial charge in [0.2, 0.25) is 0 Å². The molecule has 21 heavy (non-hydrogen) atoms. The van der Waals surface area contributed by atoms with Crippen molar-refractivity contribution >= 4 is 5.82 Å². The number of hydrogen-bond acceptors (Lipinski definition) is 4. The Kier molecular flexibility index (Phi) is 7.68. The van der Waals surface area contributed by atoms with Gasteiger partial charge in [-0.25, -0.2) is 4.98 Å². The van der Waals surface area contributed by atoms with Crippen LogP contribution in [0.5, 0.6) is 0 Å². The zero-order valence-corrected chi connectivity index (χ0v) is 14.4. The van der Waals surface area contributed by atoms with Crippen molar-refractivity contribution in [1.29, 1.82) is 0 Å². The van der Waals surface area contributed by atoms with Crippen LogP contribution in [-0.4, -0.2) is 42.6 Å². The van der Waals surface area contributed by atoms with Crippen molar-refractivity contribution in [2.75, 3.05) is 37.6 Å². The molecule has 1 rings (SSSR count). The van der Waals surface area contributed by atoms with Crippen molar-refractivity contribution in [2.24, 2.45) is 5.73 Å². The van der Waals surface area contributed by atoms with Crippen LogP contribution in [-0.2, 0) is 6.54 Å². The zero-order chi connectivity index (χ0) is 15.8. The summed E-state index contributed by atoms with van der Waals surface area (Å²) >= 11 is 0. The molecule has 1 aromatic rings. The van der Waals surface area contributed by atoms with Crippen LogP contribution < -0.4 is 10.6 Å². The molecule has 4 nitrogen and oxygen atoms in total. The Morgan fingerprint density at radius 3 is 2.24 bits per heavy atom. The molecule has 0 saturated carbocycles. The van der Waals surface area contributed by atoms with Crippen molar-refractivity contribution in [3.05, 3.63) is 22.9 Å². The molecule has 2 N–H and O–H groups in total. The van der Waals surface area contributed by atoms with E-state index in [9.17, 15) is 0 Å². The second-order valence-corrected chi connectivity index (χ2v) is 5.55. The quantitative estimate of drug-likeness (QED) is 0.760. The molecule has 0 radical (unpaired) electrons. The summed E-state index contributed by atoms with van der Waals surface area (Å²) in [4.78, 5) is 9.58. The molecule has 0 amide bonds. The van der Waals surface area contributed by atoms with Gasteiger partial charge in [-0.3, -0.25) is 0 Å². The van der Waals surface area contributed by atoms with E-state index in [0.29, 0.717) is 6.54 Å². The van der Waals surface area contributed by atoms with Gasteiger partial charge in [-0.15, -0.1) is 0 Å². The van der Waals surface area contributed by atoms with Gasteiger partial charge in [0, 0.05) is 30.9 Å². The molecule has 4 heteroatoms. The van der Waals surface area contributed by atoms with Crippen molar-refractivity contribution in [1.82, 2.24) is 9.88 Å². The molecule has 0 saturated heterocycles. The van der Waals surface area contributed by atoms with Gasteiger partial charge in [0.25, 0.3) is 0 Å². The number of aryl methyl sites for hydroxylation is 2. The van der Waals surface area contributed by atoms with Gasteiger partial charge in [0.15, 0.2) is 0 Å². The summed E-state index contributed by atoms with van der Waals surface area (Å²) < 4.78 is 0. The lowest BCUT2D eigenvalue weighted by atomic mass is 10.1. The Morgan fingerprint density at radius 2 is 1.71 bits per heavy atom. The lowest BCUT2D eigenvalue weighted by Crippen LogP contribution is -2.31. The summed E-state index contributed by atoms with van der Waals surface area (Å²) in [5, 5.41) is 0. The summed E-state index contributed by atoms with van der Waals surface area (Å²) in [7, 11) is 0. The van der Waals surface area contributed by atoms with Crippen molar-refractivity contribution < 1.29 is 0 Å². The fourth-order valence-electron chi connectivity index (χ4n) is 2.80. The van der Waals surface area contributed by atoms with Gasteiger partial charge in [-0.1, -0.05) is 13.8 Å². The van der Waals surface area contributed by atoms with Crippen LogP contribution in [0.15, 0.2) is 6.07 Å².